The van der Waals surface area contributed by atoms with E-state index in [9.17, 15) is 14.4 Å². The number of likely N-dealkylation sites (N-methyl/N-ethyl adjacent to an activating group) is 1. The monoisotopic (exact) mass is 527 g/mol. The number of rotatable bonds is 3. The Bertz CT molecular complexity index is 1780. The fourth-order valence-electron chi connectivity index (χ4n) is 4.77. The van der Waals surface area contributed by atoms with Crippen LogP contribution in [0.3, 0.4) is 0 Å². The van der Waals surface area contributed by atoms with Crippen LogP contribution in [0.1, 0.15) is 33.0 Å². The van der Waals surface area contributed by atoms with E-state index in [1.165, 1.54) is 23.7 Å². The molecular weight excluding hydrogens is 502 g/mol. The van der Waals surface area contributed by atoms with E-state index < -0.39 is 17.2 Å². The number of carbonyl (C=O) groups is 2. The fourth-order valence-corrected chi connectivity index (χ4v) is 5.95. The summed E-state index contributed by atoms with van der Waals surface area (Å²) in [6.07, 6.45) is 3.76. The molecule has 1 aliphatic rings. The molecule has 1 fully saturated rings. The number of benzene rings is 1. The summed E-state index contributed by atoms with van der Waals surface area (Å²) in [6.45, 7) is 5.40. The van der Waals surface area contributed by atoms with Crippen LogP contribution in [0.15, 0.2) is 53.6 Å². The Labute approximate surface area is 221 Å². The molecule has 0 radical (unpaired) electrons. The van der Waals surface area contributed by atoms with Gasteiger partial charge in [-0.3, -0.25) is 29.1 Å². The van der Waals surface area contributed by atoms with E-state index in [0.29, 0.717) is 21.6 Å². The zero-order valence-electron chi connectivity index (χ0n) is 21.0. The maximum Gasteiger partial charge on any atom is 0.278 e. The number of carbonyl (C=O) groups excluding carboxylic acids is 2. The molecular formula is C27H25N7O3S. The van der Waals surface area contributed by atoms with Crippen molar-refractivity contribution in [2.24, 2.45) is 0 Å². The van der Waals surface area contributed by atoms with E-state index in [4.69, 9.17) is 4.98 Å². The summed E-state index contributed by atoms with van der Waals surface area (Å²) in [4.78, 5) is 57.9. The molecule has 0 aliphatic carbocycles. The van der Waals surface area contributed by atoms with Crippen molar-refractivity contribution in [1.29, 1.82) is 0 Å². The van der Waals surface area contributed by atoms with Crippen LogP contribution in [0.5, 0.6) is 0 Å². The van der Waals surface area contributed by atoms with Crippen LogP contribution >= 0.6 is 11.3 Å². The molecule has 0 spiro atoms. The number of amides is 2. The van der Waals surface area contributed by atoms with Crippen LogP contribution in [-0.2, 0) is 0 Å². The second-order valence-corrected chi connectivity index (χ2v) is 10.5. The van der Waals surface area contributed by atoms with Gasteiger partial charge in [-0.25, -0.2) is 9.97 Å². The Morgan fingerprint density at radius 3 is 2.63 bits per heavy atom. The van der Waals surface area contributed by atoms with Gasteiger partial charge in [-0.2, -0.15) is 0 Å². The molecule has 2 amide bonds. The number of imide groups is 1. The molecule has 38 heavy (non-hydrogen) atoms. The van der Waals surface area contributed by atoms with E-state index in [1.807, 2.05) is 34.7 Å². The average molecular weight is 528 g/mol. The quantitative estimate of drug-likeness (QED) is 0.357. The van der Waals surface area contributed by atoms with Gasteiger partial charge >= 0.3 is 0 Å². The van der Waals surface area contributed by atoms with Gasteiger partial charge in [-0.1, -0.05) is 12.1 Å². The molecule has 11 heteroatoms. The smallest absolute Gasteiger partial charge is 0.278 e. The summed E-state index contributed by atoms with van der Waals surface area (Å²) in [5, 5.41) is 2.64. The Kier molecular flexibility index (Phi) is 6.09. The number of nitrogens with one attached hydrogen (secondary N) is 1. The third-order valence-corrected chi connectivity index (χ3v) is 7.93. The van der Waals surface area contributed by atoms with Gasteiger partial charge in [0.2, 0.25) is 5.43 Å². The van der Waals surface area contributed by atoms with Gasteiger partial charge in [0.15, 0.2) is 5.65 Å². The molecule has 0 saturated carbocycles. The standard InChI is InChI=1S/C27H25N7O3S/c1-16-14-29-18(15-28-16)25(36)31-26(37)22-23(35)17-8-9-21(33-11-5-10-32(2)12-13-33)30-24(17)34-19-6-3-4-7-20(19)38-27(22)34/h3-4,6-9,14-15H,5,10-13H2,1-2H3,(H,31,36,37). The largest absolute Gasteiger partial charge is 0.355 e. The number of aromatic nitrogens is 4. The highest BCUT2D eigenvalue weighted by atomic mass is 32.1. The van der Waals surface area contributed by atoms with E-state index in [1.54, 1.807) is 13.0 Å². The molecule has 5 heterocycles. The molecule has 1 saturated heterocycles. The van der Waals surface area contributed by atoms with Gasteiger partial charge in [-0.15, -0.1) is 11.3 Å². The highest BCUT2D eigenvalue weighted by Crippen LogP contribution is 2.31. The molecule has 0 bridgehead atoms. The van der Waals surface area contributed by atoms with Crippen LogP contribution in [0.4, 0.5) is 5.82 Å². The zero-order valence-corrected chi connectivity index (χ0v) is 21.8. The lowest BCUT2D eigenvalue weighted by Gasteiger charge is -2.22. The number of hydrogen-bond donors (Lipinski definition) is 1. The van der Waals surface area contributed by atoms with Crippen molar-refractivity contribution in [3.63, 3.8) is 0 Å². The molecule has 0 atom stereocenters. The van der Waals surface area contributed by atoms with Crippen molar-refractivity contribution in [3.05, 3.63) is 76.0 Å². The van der Waals surface area contributed by atoms with Crippen molar-refractivity contribution in [2.75, 3.05) is 38.1 Å². The molecule has 192 valence electrons. The van der Waals surface area contributed by atoms with Crippen molar-refractivity contribution >= 4 is 55.0 Å². The first-order valence-electron chi connectivity index (χ1n) is 12.4. The highest BCUT2D eigenvalue weighted by molar-refractivity contribution is 7.24. The van der Waals surface area contributed by atoms with Gasteiger partial charge < -0.3 is 9.80 Å². The van der Waals surface area contributed by atoms with Gasteiger partial charge in [0.25, 0.3) is 11.8 Å². The summed E-state index contributed by atoms with van der Waals surface area (Å²) in [5.74, 6) is -0.713. The number of pyridine rings is 2. The van der Waals surface area contributed by atoms with Gasteiger partial charge in [0.05, 0.1) is 27.5 Å². The van der Waals surface area contributed by atoms with Gasteiger partial charge in [0, 0.05) is 25.8 Å². The first kappa shape index (κ1) is 24.1. The lowest BCUT2D eigenvalue weighted by molar-refractivity contribution is 0.0846. The lowest BCUT2D eigenvalue weighted by atomic mass is 10.1. The average Bonchev–Trinajstić information content (AvgIpc) is 3.16. The van der Waals surface area contributed by atoms with Crippen molar-refractivity contribution in [1.82, 2.24) is 29.6 Å². The topological polar surface area (TPSA) is 113 Å². The molecule has 4 aromatic heterocycles. The molecule has 10 nitrogen and oxygen atoms in total. The minimum atomic E-state index is -0.784. The Hall–Kier alpha value is -4.22. The number of nitrogens with zero attached hydrogens (tertiary/aromatic N) is 6. The predicted octanol–water partition coefficient (Wildman–Crippen LogP) is 2.87. The number of aryl methyl sites for hydroxylation is 1. The van der Waals surface area contributed by atoms with Crippen LogP contribution in [0.2, 0.25) is 0 Å². The molecule has 6 rings (SSSR count). The number of hydrogen-bond acceptors (Lipinski definition) is 9. The third-order valence-electron chi connectivity index (χ3n) is 6.78. The van der Waals surface area contributed by atoms with Gasteiger partial charge in [-0.05, 0) is 51.2 Å². The molecule has 1 aliphatic heterocycles. The number of fused-ring (bicyclic) bond motifs is 5. The minimum absolute atomic E-state index is 0.00757. The molecule has 1 aromatic carbocycles. The number of para-hydroxylation sites is 1. The summed E-state index contributed by atoms with van der Waals surface area (Å²) >= 11 is 1.32. The Morgan fingerprint density at radius 2 is 1.82 bits per heavy atom. The van der Waals surface area contributed by atoms with Gasteiger partial charge in [0.1, 0.15) is 21.9 Å². The SMILES string of the molecule is Cc1cnc(C(=O)NC(=O)c2c(=O)c3ccc(N4CCCN(C)CC4)nc3n3c2sc2ccccc23)cn1. The van der Waals surface area contributed by atoms with Crippen LogP contribution in [0, 0.1) is 6.92 Å². The second kappa shape index (κ2) is 9.58. The van der Waals surface area contributed by atoms with Crippen molar-refractivity contribution < 1.29 is 9.59 Å². The van der Waals surface area contributed by atoms with E-state index in [2.05, 4.69) is 32.1 Å². The summed E-state index contributed by atoms with van der Waals surface area (Å²) in [5.41, 5.74) is 1.39. The van der Waals surface area contributed by atoms with Crippen LogP contribution in [0.25, 0.3) is 26.1 Å². The number of thiazole rings is 1. The van der Waals surface area contributed by atoms with Crippen LogP contribution < -0.4 is 15.6 Å². The van der Waals surface area contributed by atoms with Crippen LogP contribution in [-0.4, -0.2) is 69.3 Å². The maximum absolute atomic E-state index is 13.7. The first-order chi connectivity index (χ1) is 18.4. The van der Waals surface area contributed by atoms with E-state index in [0.717, 1.165) is 48.6 Å². The van der Waals surface area contributed by atoms with E-state index in [-0.39, 0.29) is 11.3 Å². The highest BCUT2D eigenvalue weighted by Gasteiger charge is 2.25. The van der Waals surface area contributed by atoms with Crippen molar-refractivity contribution in [3.8, 4) is 0 Å². The lowest BCUT2D eigenvalue weighted by Crippen LogP contribution is -2.35. The molecule has 1 N–H and O–H groups in total. The molecule has 0 unspecified atom stereocenters. The zero-order chi connectivity index (χ0) is 26.4. The second-order valence-electron chi connectivity index (χ2n) is 9.43. The third kappa shape index (κ3) is 4.19. The van der Waals surface area contributed by atoms with Crippen molar-refractivity contribution in [2.45, 2.75) is 13.3 Å². The first-order valence-corrected chi connectivity index (χ1v) is 13.2. The Balaban J connectivity index is 1.51. The Morgan fingerprint density at radius 1 is 0.974 bits per heavy atom. The normalized spacial score (nSPS) is 14.7. The maximum atomic E-state index is 13.7. The summed E-state index contributed by atoms with van der Waals surface area (Å²) in [7, 11) is 2.11. The van der Waals surface area contributed by atoms with E-state index >= 15 is 0 Å². The summed E-state index contributed by atoms with van der Waals surface area (Å²) < 4.78 is 2.75. The summed E-state index contributed by atoms with van der Waals surface area (Å²) in [6, 6.07) is 11.3. The fraction of sp³-hybridized carbons (Fsp3) is 0.259. The number of anilines is 1. The predicted molar refractivity (Wildman–Crippen MR) is 147 cm³/mol. The minimum Gasteiger partial charge on any atom is -0.355 e. The molecule has 5 aromatic rings.